The van der Waals surface area contributed by atoms with Gasteiger partial charge in [0.2, 0.25) is 0 Å². The van der Waals surface area contributed by atoms with Gasteiger partial charge in [0.05, 0.1) is 17.5 Å². The highest BCUT2D eigenvalue weighted by atomic mass is 16.3. The summed E-state index contributed by atoms with van der Waals surface area (Å²) in [5.74, 6) is 0.0995. The molecule has 2 aromatic heterocycles. The maximum absolute atomic E-state index is 12.5. The maximum atomic E-state index is 12.5. The lowest BCUT2D eigenvalue weighted by Gasteiger charge is -2.40. The van der Waals surface area contributed by atoms with Crippen LogP contribution in [0.4, 0.5) is 0 Å². The number of furan rings is 1. The number of aromatic nitrogens is 1. The summed E-state index contributed by atoms with van der Waals surface area (Å²) in [6.07, 6.45) is 8.46. The number of piperidine rings is 1. The predicted octanol–water partition coefficient (Wildman–Crippen LogP) is 2.80. The van der Waals surface area contributed by atoms with Crippen LogP contribution in [-0.4, -0.2) is 46.9 Å². The van der Waals surface area contributed by atoms with Crippen LogP contribution in [0.5, 0.6) is 0 Å². The normalized spacial score (nSPS) is 24.6. The Morgan fingerprint density at radius 2 is 2.17 bits per heavy atom. The Hall–Kier alpha value is -2.14. The van der Waals surface area contributed by atoms with Crippen molar-refractivity contribution in [2.24, 2.45) is 5.41 Å². The van der Waals surface area contributed by atoms with Crippen molar-refractivity contribution < 1.29 is 9.21 Å². The highest BCUT2D eigenvalue weighted by Crippen LogP contribution is 2.39. The van der Waals surface area contributed by atoms with Gasteiger partial charge in [-0.25, -0.2) is 0 Å². The first kappa shape index (κ1) is 15.4. The van der Waals surface area contributed by atoms with Crippen LogP contribution in [0.2, 0.25) is 0 Å². The number of hydrogen-bond donors (Lipinski definition) is 0. The zero-order chi connectivity index (χ0) is 16.4. The van der Waals surface area contributed by atoms with Crippen molar-refractivity contribution in [2.45, 2.75) is 25.8 Å². The van der Waals surface area contributed by atoms with E-state index in [1.54, 1.807) is 18.6 Å². The van der Waals surface area contributed by atoms with Crippen molar-refractivity contribution in [1.82, 2.24) is 14.8 Å². The lowest BCUT2D eigenvalue weighted by molar-refractivity contribution is 0.0672. The molecule has 2 aromatic rings. The van der Waals surface area contributed by atoms with E-state index >= 15 is 0 Å². The summed E-state index contributed by atoms with van der Waals surface area (Å²) in [6.45, 7) is 4.78. The molecule has 24 heavy (non-hydrogen) atoms. The summed E-state index contributed by atoms with van der Waals surface area (Å²) in [7, 11) is 0. The number of nitrogens with zero attached hydrogens (tertiary/aromatic N) is 3. The van der Waals surface area contributed by atoms with Gasteiger partial charge < -0.3 is 9.32 Å². The van der Waals surface area contributed by atoms with Crippen molar-refractivity contribution in [2.75, 3.05) is 26.2 Å². The molecule has 5 heteroatoms. The Morgan fingerprint density at radius 1 is 1.21 bits per heavy atom. The molecule has 0 unspecified atom stereocenters. The van der Waals surface area contributed by atoms with Crippen LogP contribution < -0.4 is 0 Å². The van der Waals surface area contributed by atoms with Gasteiger partial charge >= 0.3 is 0 Å². The molecule has 5 nitrogen and oxygen atoms in total. The van der Waals surface area contributed by atoms with Gasteiger partial charge in [-0.05, 0) is 44.0 Å². The van der Waals surface area contributed by atoms with Crippen molar-refractivity contribution in [1.29, 1.82) is 0 Å². The molecule has 0 aliphatic carbocycles. The average Bonchev–Trinajstić information content (AvgIpc) is 3.26. The second-order valence-electron chi connectivity index (χ2n) is 7.12. The van der Waals surface area contributed by atoms with Gasteiger partial charge in [-0.15, -0.1) is 0 Å². The highest BCUT2D eigenvalue weighted by molar-refractivity contribution is 5.94. The van der Waals surface area contributed by atoms with Crippen LogP contribution >= 0.6 is 0 Å². The number of rotatable bonds is 3. The Bertz CT molecular complexity index is 686. The standard InChI is InChI=1S/C19H23N3O2/c23-18(16-5-11-24-13-16)22-10-7-19(15-22)6-3-9-21(14-19)12-17-4-1-2-8-20-17/h1-2,4-5,8,11,13H,3,6-7,9-10,12,14-15H2/t19-/m1/s1. The van der Waals surface area contributed by atoms with E-state index in [4.69, 9.17) is 4.42 Å². The predicted molar refractivity (Wildman–Crippen MR) is 90.4 cm³/mol. The van der Waals surface area contributed by atoms with Crippen molar-refractivity contribution >= 4 is 5.91 Å². The summed E-state index contributed by atoms with van der Waals surface area (Å²) in [5.41, 5.74) is 2.03. The Kier molecular flexibility index (Phi) is 4.10. The number of carbonyl (C=O) groups excluding carboxylic acids is 1. The fourth-order valence-corrected chi connectivity index (χ4v) is 4.18. The molecule has 0 aromatic carbocycles. The molecule has 2 saturated heterocycles. The van der Waals surface area contributed by atoms with E-state index in [9.17, 15) is 4.79 Å². The first-order chi connectivity index (χ1) is 11.7. The number of hydrogen-bond acceptors (Lipinski definition) is 4. The first-order valence-electron chi connectivity index (χ1n) is 8.68. The minimum absolute atomic E-state index is 0.0995. The molecule has 4 rings (SSSR count). The number of amides is 1. The number of pyridine rings is 1. The Labute approximate surface area is 142 Å². The van der Waals surface area contributed by atoms with Crippen LogP contribution in [-0.2, 0) is 6.54 Å². The second kappa shape index (κ2) is 6.40. The third kappa shape index (κ3) is 3.08. The van der Waals surface area contributed by atoms with Gasteiger partial charge in [-0.1, -0.05) is 6.07 Å². The minimum Gasteiger partial charge on any atom is -0.472 e. The first-order valence-corrected chi connectivity index (χ1v) is 8.68. The highest BCUT2D eigenvalue weighted by Gasteiger charge is 2.42. The van der Waals surface area contributed by atoms with E-state index in [-0.39, 0.29) is 11.3 Å². The van der Waals surface area contributed by atoms with Crippen LogP contribution in [0.1, 0.15) is 35.3 Å². The average molecular weight is 325 g/mol. The van der Waals surface area contributed by atoms with Crippen LogP contribution in [0.3, 0.4) is 0 Å². The molecule has 0 saturated carbocycles. The quantitative estimate of drug-likeness (QED) is 0.871. The van der Waals surface area contributed by atoms with Gasteiger partial charge in [-0.2, -0.15) is 0 Å². The van der Waals surface area contributed by atoms with E-state index in [1.807, 2.05) is 23.2 Å². The molecule has 2 aliphatic rings. The zero-order valence-corrected chi connectivity index (χ0v) is 13.9. The second-order valence-corrected chi connectivity index (χ2v) is 7.12. The minimum atomic E-state index is 0.0995. The van der Waals surface area contributed by atoms with E-state index in [1.165, 1.54) is 12.8 Å². The summed E-state index contributed by atoms with van der Waals surface area (Å²) >= 11 is 0. The summed E-state index contributed by atoms with van der Waals surface area (Å²) in [5, 5.41) is 0. The molecule has 0 bridgehead atoms. The monoisotopic (exact) mass is 325 g/mol. The third-order valence-electron chi connectivity index (χ3n) is 5.35. The van der Waals surface area contributed by atoms with Gasteiger partial charge in [0.1, 0.15) is 6.26 Å². The van der Waals surface area contributed by atoms with Crippen molar-refractivity contribution in [3.8, 4) is 0 Å². The zero-order valence-electron chi connectivity index (χ0n) is 13.9. The largest absolute Gasteiger partial charge is 0.472 e. The fraction of sp³-hybridized carbons (Fsp3) is 0.474. The number of likely N-dealkylation sites (tertiary alicyclic amines) is 2. The molecule has 1 amide bonds. The summed E-state index contributed by atoms with van der Waals surface area (Å²) < 4.78 is 5.05. The molecule has 4 heterocycles. The SMILES string of the molecule is O=C(c1ccoc1)N1CC[C@@]2(CCCN(Cc3ccccn3)C2)C1. The smallest absolute Gasteiger partial charge is 0.257 e. The fourth-order valence-electron chi connectivity index (χ4n) is 4.18. The third-order valence-corrected chi connectivity index (χ3v) is 5.35. The molecule has 2 fully saturated rings. The Balaban J connectivity index is 1.41. The van der Waals surface area contributed by atoms with Crippen LogP contribution in [0.15, 0.2) is 47.4 Å². The lowest BCUT2D eigenvalue weighted by Crippen LogP contribution is -2.45. The topological polar surface area (TPSA) is 49.6 Å². The molecular formula is C19H23N3O2. The maximum Gasteiger partial charge on any atom is 0.257 e. The van der Waals surface area contributed by atoms with Crippen molar-refractivity contribution in [3.05, 3.63) is 54.2 Å². The van der Waals surface area contributed by atoms with E-state index < -0.39 is 0 Å². The molecule has 1 spiro atoms. The lowest BCUT2D eigenvalue weighted by atomic mass is 9.79. The van der Waals surface area contributed by atoms with E-state index in [0.29, 0.717) is 5.56 Å². The Morgan fingerprint density at radius 3 is 2.96 bits per heavy atom. The van der Waals surface area contributed by atoms with Gasteiger partial charge in [0.25, 0.3) is 5.91 Å². The van der Waals surface area contributed by atoms with Crippen molar-refractivity contribution in [3.63, 3.8) is 0 Å². The molecular weight excluding hydrogens is 302 g/mol. The molecule has 126 valence electrons. The molecule has 1 atom stereocenters. The molecule has 0 N–H and O–H groups in total. The molecule has 2 aliphatic heterocycles. The van der Waals surface area contributed by atoms with E-state index in [0.717, 1.165) is 44.8 Å². The summed E-state index contributed by atoms with van der Waals surface area (Å²) in [6, 6.07) is 7.84. The van der Waals surface area contributed by atoms with E-state index in [2.05, 4.69) is 16.0 Å². The van der Waals surface area contributed by atoms with Gasteiger partial charge in [0, 0.05) is 37.8 Å². The van der Waals surface area contributed by atoms with Crippen LogP contribution in [0.25, 0.3) is 0 Å². The van der Waals surface area contributed by atoms with Gasteiger partial charge in [-0.3, -0.25) is 14.7 Å². The summed E-state index contributed by atoms with van der Waals surface area (Å²) in [4.78, 5) is 21.5. The van der Waals surface area contributed by atoms with Gasteiger partial charge in [0.15, 0.2) is 0 Å². The molecule has 0 radical (unpaired) electrons. The number of carbonyl (C=O) groups is 1. The van der Waals surface area contributed by atoms with Crippen LogP contribution in [0, 0.1) is 5.41 Å².